The number of hydrogen-bond donors (Lipinski definition) is 3. The van der Waals surface area contributed by atoms with Crippen LogP contribution in [0.1, 0.15) is 32.5 Å². The summed E-state index contributed by atoms with van der Waals surface area (Å²) in [5, 5.41) is 5.78. The van der Waals surface area contributed by atoms with Crippen LogP contribution in [0.3, 0.4) is 0 Å². The predicted molar refractivity (Wildman–Crippen MR) is 78.5 cm³/mol. The van der Waals surface area contributed by atoms with Crippen LogP contribution in [-0.4, -0.2) is 42.2 Å². The van der Waals surface area contributed by atoms with E-state index in [-0.39, 0.29) is 11.8 Å². The zero-order valence-electron chi connectivity index (χ0n) is 12.4. The van der Waals surface area contributed by atoms with E-state index in [0.717, 1.165) is 0 Å². The smallest absolute Gasteiger partial charge is 0.242 e. The Morgan fingerprint density at radius 1 is 1.40 bits per heavy atom. The van der Waals surface area contributed by atoms with Crippen LogP contribution >= 0.6 is 0 Å². The molecule has 0 fully saturated rings. The van der Waals surface area contributed by atoms with E-state index < -0.39 is 6.04 Å². The largest absolute Gasteiger partial charge is 0.384 e. The average Bonchev–Trinajstić information content (AvgIpc) is 2.38. The van der Waals surface area contributed by atoms with Crippen molar-refractivity contribution in [2.75, 3.05) is 31.3 Å². The minimum Gasteiger partial charge on any atom is -0.384 e. The molecule has 7 heteroatoms. The maximum atomic E-state index is 11.8. The molecular formula is C13H23N5O2. The van der Waals surface area contributed by atoms with Gasteiger partial charge in [-0.25, -0.2) is 9.97 Å². The second-order valence-corrected chi connectivity index (χ2v) is 4.84. The number of ether oxygens (including phenoxy) is 1. The zero-order valence-corrected chi connectivity index (χ0v) is 12.4. The lowest BCUT2D eigenvalue weighted by molar-refractivity contribution is -0.121. The number of nitrogens with one attached hydrogen (secondary N) is 2. The molecule has 0 saturated carbocycles. The highest BCUT2D eigenvalue weighted by Crippen LogP contribution is 2.15. The Labute approximate surface area is 119 Å². The first-order valence-electron chi connectivity index (χ1n) is 6.61. The first kappa shape index (κ1) is 16.2. The molecule has 0 aliphatic heterocycles. The lowest BCUT2D eigenvalue weighted by atomic mass is 10.2. The Morgan fingerprint density at radius 3 is 2.70 bits per heavy atom. The number of nitrogens with zero attached hydrogens (tertiary/aromatic N) is 2. The van der Waals surface area contributed by atoms with E-state index in [9.17, 15) is 4.79 Å². The Bertz CT molecular complexity index is 450. The fourth-order valence-electron chi connectivity index (χ4n) is 1.53. The molecule has 1 atom stereocenters. The molecule has 0 aliphatic carbocycles. The summed E-state index contributed by atoms with van der Waals surface area (Å²) in [6.07, 6.45) is 0. The number of rotatable bonds is 7. The molecule has 0 spiro atoms. The van der Waals surface area contributed by atoms with Gasteiger partial charge in [0.25, 0.3) is 0 Å². The zero-order chi connectivity index (χ0) is 15.1. The molecule has 1 aromatic heterocycles. The first-order chi connectivity index (χ1) is 9.43. The van der Waals surface area contributed by atoms with Crippen molar-refractivity contribution in [2.45, 2.75) is 32.7 Å². The average molecular weight is 281 g/mol. The van der Waals surface area contributed by atoms with Crippen molar-refractivity contribution < 1.29 is 9.53 Å². The molecule has 0 radical (unpaired) electrons. The van der Waals surface area contributed by atoms with E-state index in [1.165, 1.54) is 0 Å². The molecule has 0 aromatic carbocycles. The minimum absolute atomic E-state index is 0.120. The number of anilines is 2. The quantitative estimate of drug-likeness (QED) is 0.637. The monoisotopic (exact) mass is 281 g/mol. The maximum absolute atomic E-state index is 11.8. The number of carbonyl (C=O) groups excluding carboxylic acids is 1. The summed E-state index contributed by atoms with van der Waals surface area (Å²) < 4.78 is 4.88. The molecule has 1 amide bonds. The SMILES string of the molecule is COCCNC(=O)C(C)Nc1cc(N)nc(C(C)C)n1. The molecule has 0 aliphatic rings. The summed E-state index contributed by atoms with van der Waals surface area (Å²) in [7, 11) is 1.59. The summed E-state index contributed by atoms with van der Waals surface area (Å²) in [5.74, 6) is 1.64. The van der Waals surface area contributed by atoms with Gasteiger partial charge in [-0.1, -0.05) is 13.8 Å². The van der Waals surface area contributed by atoms with Crippen molar-refractivity contribution in [1.82, 2.24) is 15.3 Å². The molecule has 7 nitrogen and oxygen atoms in total. The molecular weight excluding hydrogens is 258 g/mol. The number of hydrogen-bond acceptors (Lipinski definition) is 6. The van der Waals surface area contributed by atoms with E-state index in [1.807, 2.05) is 13.8 Å². The third-order valence-electron chi connectivity index (χ3n) is 2.64. The number of nitrogen functional groups attached to an aromatic ring is 1. The minimum atomic E-state index is -0.416. The van der Waals surface area contributed by atoms with E-state index >= 15 is 0 Å². The molecule has 0 bridgehead atoms. The molecule has 1 heterocycles. The highest BCUT2D eigenvalue weighted by Gasteiger charge is 2.14. The summed E-state index contributed by atoms with van der Waals surface area (Å²) in [6.45, 7) is 6.69. The van der Waals surface area contributed by atoms with Gasteiger partial charge in [0.05, 0.1) is 6.61 Å². The molecule has 1 unspecified atom stereocenters. The van der Waals surface area contributed by atoms with E-state index in [2.05, 4.69) is 20.6 Å². The standard InChI is InChI=1S/C13H23N5O2/c1-8(2)12-17-10(14)7-11(18-12)16-9(3)13(19)15-5-6-20-4/h7-9H,5-6H2,1-4H3,(H,15,19)(H3,14,16,17,18). The van der Waals surface area contributed by atoms with Gasteiger partial charge in [0.15, 0.2) is 0 Å². The van der Waals surface area contributed by atoms with Gasteiger partial charge in [-0.3, -0.25) is 4.79 Å². The molecule has 20 heavy (non-hydrogen) atoms. The second-order valence-electron chi connectivity index (χ2n) is 4.84. The molecule has 1 rings (SSSR count). The van der Waals surface area contributed by atoms with Crippen LogP contribution < -0.4 is 16.4 Å². The highest BCUT2D eigenvalue weighted by molar-refractivity contribution is 5.83. The van der Waals surface area contributed by atoms with Crippen molar-refractivity contribution in [2.24, 2.45) is 0 Å². The Morgan fingerprint density at radius 2 is 2.10 bits per heavy atom. The van der Waals surface area contributed by atoms with Crippen molar-refractivity contribution in [3.63, 3.8) is 0 Å². The van der Waals surface area contributed by atoms with Gasteiger partial charge in [0, 0.05) is 25.6 Å². The van der Waals surface area contributed by atoms with Crippen LogP contribution in [0.2, 0.25) is 0 Å². The number of carbonyl (C=O) groups is 1. The fraction of sp³-hybridized carbons (Fsp3) is 0.615. The summed E-state index contributed by atoms with van der Waals surface area (Å²) in [5.41, 5.74) is 5.74. The van der Waals surface area contributed by atoms with Gasteiger partial charge in [-0.2, -0.15) is 0 Å². The van der Waals surface area contributed by atoms with Crippen LogP contribution in [-0.2, 0) is 9.53 Å². The Balaban J connectivity index is 2.65. The van der Waals surface area contributed by atoms with Crippen molar-refractivity contribution in [3.05, 3.63) is 11.9 Å². The second kappa shape index (κ2) is 7.64. The van der Waals surface area contributed by atoms with Gasteiger partial charge >= 0.3 is 0 Å². The Hall–Kier alpha value is -1.89. The Kier molecular flexibility index (Phi) is 6.17. The highest BCUT2D eigenvalue weighted by atomic mass is 16.5. The van der Waals surface area contributed by atoms with Crippen LogP contribution in [0.5, 0.6) is 0 Å². The topological polar surface area (TPSA) is 102 Å². The van der Waals surface area contributed by atoms with E-state index in [0.29, 0.717) is 30.6 Å². The number of aromatic nitrogens is 2. The number of nitrogens with two attached hydrogens (primary N) is 1. The molecule has 0 saturated heterocycles. The first-order valence-corrected chi connectivity index (χ1v) is 6.61. The lowest BCUT2D eigenvalue weighted by Gasteiger charge is -2.16. The summed E-state index contributed by atoms with van der Waals surface area (Å²) >= 11 is 0. The number of amides is 1. The normalized spacial score (nSPS) is 12.2. The molecule has 1 aromatic rings. The van der Waals surface area contributed by atoms with Crippen LogP contribution in [0.15, 0.2) is 6.07 Å². The molecule has 4 N–H and O–H groups in total. The van der Waals surface area contributed by atoms with E-state index in [4.69, 9.17) is 10.5 Å². The van der Waals surface area contributed by atoms with Gasteiger partial charge in [0.2, 0.25) is 5.91 Å². The van der Waals surface area contributed by atoms with Crippen LogP contribution in [0.25, 0.3) is 0 Å². The van der Waals surface area contributed by atoms with Crippen LogP contribution in [0, 0.1) is 0 Å². The van der Waals surface area contributed by atoms with Crippen molar-refractivity contribution in [3.8, 4) is 0 Å². The number of methoxy groups -OCH3 is 1. The third kappa shape index (κ3) is 5.00. The molecule has 112 valence electrons. The van der Waals surface area contributed by atoms with Gasteiger partial charge in [-0.05, 0) is 6.92 Å². The van der Waals surface area contributed by atoms with Gasteiger partial charge in [-0.15, -0.1) is 0 Å². The van der Waals surface area contributed by atoms with Crippen molar-refractivity contribution in [1.29, 1.82) is 0 Å². The van der Waals surface area contributed by atoms with Crippen LogP contribution in [0.4, 0.5) is 11.6 Å². The summed E-state index contributed by atoms with van der Waals surface area (Å²) in [4.78, 5) is 20.3. The van der Waals surface area contributed by atoms with Crippen molar-refractivity contribution >= 4 is 17.5 Å². The summed E-state index contributed by atoms with van der Waals surface area (Å²) in [6, 6.07) is 1.20. The fourth-order valence-corrected chi connectivity index (χ4v) is 1.53. The van der Waals surface area contributed by atoms with Gasteiger partial charge < -0.3 is 21.1 Å². The van der Waals surface area contributed by atoms with E-state index in [1.54, 1.807) is 20.1 Å². The predicted octanol–water partition coefficient (Wildman–Crippen LogP) is 0.745. The maximum Gasteiger partial charge on any atom is 0.242 e. The van der Waals surface area contributed by atoms with Gasteiger partial charge in [0.1, 0.15) is 23.5 Å². The lowest BCUT2D eigenvalue weighted by Crippen LogP contribution is -2.39. The third-order valence-corrected chi connectivity index (χ3v) is 2.64.